The molecule has 0 aromatic carbocycles. The van der Waals surface area contributed by atoms with Gasteiger partial charge < -0.3 is 15.5 Å². The van der Waals surface area contributed by atoms with E-state index in [-0.39, 0.29) is 6.61 Å². The highest BCUT2D eigenvalue weighted by Crippen LogP contribution is 2.28. The first-order valence-electron chi connectivity index (χ1n) is 4.82. The van der Waals surface area contributed by atoms with Gasteiger partial charge in [-0.25, -0.2) is 0 Å². The minimum Gasteiger partial charge on any atom is -0.394 e. The van der Waals surface area contributed by atoms with E-state index in [9.17, 15) is 0 Å². The summed E-state index contributed by atoms with van der Waals surface area (Å²) in [4.78, 5) is 0. The van der Waals surface area contributed by atoms with Gasteiger partial charge in [0.1, 0.15) is 0 Å². The van der Waals surface area contributed by atoms with E-state index in [2.05, 4.69) is 5.32 Å². The zero-order valence-corrected chi connectivity index (χ0v) is 7.50. The van der Waals surface area contributed by atoms with Crippen molar-refractivity contribution in [1.82, 2.24) is 5.32 Å². The van der Waals surface area contributed by atoms with Gasteiger partial charge >= 0.3 is 0 Å². The van der Waals surface area contributed by atoms with Crippen LogP contribution in [-0.4, -0.2) is 36.0 Å². The first-order valence-corrected chi connectivity index (χ1v) is 4.82. The molecule has 72 valence electrons. The van der Waals surface area contributed by atoms with Gasteiger partial charge in [0.05, 0.1) is 12.7 Å². The van der Waals surface area contributed by atoms with Gasteiger partial charge in [0, 0.05) is 6.54 Å². The zero-order valence-electron chi connectivity index (χ0n) is 7.50. The number of hydrogen-bond acceptors (Lipinski definition) is 3. The number of aliphatic hydroxyl groups excluding tert-OH is 2. The average molecular weight is 173 g/mol. The van der Waals surface area contributed by atoms with E-state index in [1.165, 1.54) is 25.7 Å². The molecule has 0 unspecified atom stereocenters. The third-order valence-corrected chi connectivity index (χ3v) is 2.54. The Labute approximate surface area is 73.8 Å². The highest BCUT2D eigenvalue weighted by atomic mass is 16.3. The molecular weight excluding hydrogens is 154 g/mol. The van der Waals surface area contributed by atoms with E-state index in [0.29, 0.717) is 6.54 Å². The van der Waals surface area contributed by atoms with Crippen LogP contribution < -0.4 is 5.32 Å². The largest absolute Gasteiger partial charge is 0.394 e. The predicted octanol–water partition coefficient (Wildman–Crippen LogP) is 0.119. The molecule has 1 atom stereocenters. The Balaban J connectivity index is 1.82. The van der Waals surface area contributed by atoms with Gasteiger partial charge in [0.25, 0.3) is 0 Å². The van der Waals surface area contributed by atoms with E-state index in [4.69, 9.17) is 10.2 Å². The number of nitrogens with one attached hydrogen (secondary N) is 1. The smallest absolute Gasteiger partial charge is 0.0894 e. The van der Waals surface area contributed by atoms with Crippen LogP contribution in [0.15, 0.2) is 0 Å². The van der Waals surface area contributed by atoms with E-state index in [1.807, 2.05) is 0 Å². The van der Waals surface area contributed by atoms with Gasteiger partial charge in [-0.15, -0.1) is 0 Å². The van der Waals surface area contributed by atoms with E-state index >= 15 is 0 Å². The minimum atomic E-state index is -0.591. The summed E-state index contributed by atoms with van der Waals surface area (Å²) >= 11 is 0. The summed E-state index contributed by atoms with van der Waals surface area (Å²) in [6.45, 7) is 1.35. The lowest BCUT2D eigenvalue weighted by molar-refractivity contribution is 0.0938. The summed E-state index contributed by atoms with van der Waals surface area (Å²) in [6, 6.07) is 0. The molecule has 0 radical (unpaired) electrons. The van der Waals surface area contributed by atoms with Crippen LogP contribution in [0.5, 0.6) is 0 Å². The molecule has 0 heterocycles. The van der Waals surface area contributed by atoms with Crippen LogP contribution in [0.2, 0.25) is 0 Å². The Bertz CT molecular complexity index is 108. The monoisotopic (exact) mass is 173 g/mol. The van der Waals surface area contributed by atoms with Crippen LogP contribution >= 0.6 is 0 Å². The van der Waals surface area contributed by atoms with Crippen LogP contribution in [-0.2, 0) is 0 Å². The summed E-state index contributed by atoms with van der Waals surface area (Å²) in [5.41, 5.74) is 0. The third-order valence-electron chi connectivity index (χ3n) is 2.54. The van der Waals surface area contributed by atoms with Gasteiger partial charge in [0.15, 0.2) is 0 Å². The van der Waals surface area contributed by atoms with Crippen molar-refractivity contribution < 1.29 is 10.2 Å². The molecule has 0 aliphatic heterocycles. The van der Waals surface area contributed by atoms with Crippen molar-refractivity contribution in [1.29, 1.82) is 0 Å². The Morgan fingerprint density at radius 1 is 1.42 bits per heavy atom. The van der Waals surface area contributed by atoms with Crippen molar-refractivity contribution in [2.75, 3.05) is 19.7 Å². The van der Waals surface area contributed by atoms with E-state index < -0.39 is 6.10 Å². The lowest BCUT2D eigenvalue weighted by Crippen LogP contribution is -2.31. The SMILES string of the molecule is OC[C@@H](O)CNCCC1CCC1. The minimum absolute atomic E-state index is 0.142. The van der Waals surface area contributed by atoms with Crippen LogP contribution in [0, 0.1) is 5.92 Å². The van der Waals surface area contributed by atoms with Crippen molar-refractivity contribution in [3.8, 4) is 0 Å². The Kier molecular flexibility index (Phi) is 4.58. The summed E-state index contributed by atoms with van der Waals surface area (Å²) in [5.74, 6) is 0.920. The molecule has 3 nitrogen and oxygen atoms in total. The Morgan fingerprint density at radius 3 is 2.67 bits per heavy atom. The molecule has 1 aliphatic rings. The van der Waals surface area contributed by atoms with Crippen molar-refractivity contribution in [2.45, 2.75) is 31.8 Å². The normalized spacial score (nSPS) is 20.5. The number of aliphatic hydroxyl groups is 2. The standard InChI is InChI=1S/C9H19NO2/c11-7-9(12)6-10-5-4-8-2-1-3-8/h8-12H,1-7H2/t9-/m0/s1. The Hall–Kier alpha value is -0.120. The summed E-state index contributed by atoms with van der Waals surface area (Å²) in [7, 11) is 0. The molecule has 3 heteroatoms. The van der Waals surface area contributed by atoms with Gasteiger partial charge in [-0.3, -0.25) is 0 Å². The summed E-state index contributed by atoms with van der Waals surface area (Å²) < 4.78 is 0. The van der Waals surface area contributed by atoms with Gasteiger partial charge in [-0.2, -0.15) is 0 Å². The van der Waals surface area contributed by atoms with Crippen LogP contribution in [0.4, 0.5) is 0 Å². The second kappa shape index (κ2) is 5.51. The molecule has 1 rings (SSSR count). The lowest BCUT2D eigenvalue weighted by Gasteiger charge is -2.25. The maximum Gasteiger partial charge on any atom is 0.0894 e. The predicted molar refractivity (Wildman–Crippen MR) is 47.9 cm³/mol. The lowest BCUT2D eigenvalue weighted by atomic mass is 9.83. The maximum absolute atomic E-state index is 8.98. The van der Waals surface area contributed by atoms with E-state index in [0.717, 1.165) is 12.5 Å². The first-order chi connectivity index (χ1) is 5.83. The fraction of sp³-hybridized carbons (Fsp3) is 1.00. The second-order valence-electron chi connectivity index (χ2n) is 3.63. The number of hydrogen-bond donors (Lipinski definition) is 3. The molecule has 1 saturated carbocycles. The second-order valence-corrected chi connectivity index (χ2v) is 3.63. The molecule has 0 aromatic heterocycles. The molecular formula is C9H19NO2. The zero-order chi connectivity index (χ0) is 8.81. The van der Waals surface area contributed by atoms with Crippen molar-refractivity contribution in [3.63, 3.8) is 0 Å². The fourth-order valence-corrected chi connectivity index (χ4v) is 1.42. The summed E-state index contributed by atoms with van der Waals surface area (Å²) in [5, 5.41) is 20.6. The number of rotatable bonds is 6. The van der Waals surface area contributed by atoms with Crippen LogP contribution in [0.3, 0.4) is 0 Å². The van der Waals surface area contributed by atoms with Crippen molar-refractivity contribution in [3.05, 3.63) is 0 Å². The highest BCUT2D eigenvalue weighted by Gasteiger charge is 2.16. The Morgan fingerprint density at radius 2 is 2.17 bits per heavy atom. The van der Waals surface area contributed by atoms with Crippen molar-refractivity contribution in [2.24, 2.45) is 5.92 Å². The molecule has 1 aliphatic carbocycles. The fourth-order valence-electron chi connectivity index (χ4n) is 1.42. The average Bonchev–Trinajstić information content (AvgIpc) is 2.00. The topological polar surface area (TPSA) is 52.5 Å². The first kappa shape index (κ1) is 9.96. The highest BCUT2D eigenvalue weighted by molar-refractivity contribution is 4.70. The van der Waals surface area contributed by atoms with E-state index in [1.54, 1.807) is 0 Å². The molecule has 3 N–H and O–H groups in total. The molecule has 12 heavy (non-hydrogen) atoms. The molecule has 0 saturated heterocycles. The molecule has 0 aromatic rings. The molecule has 0 bridgehead atoms. The van der Waals surface area contributed by atoms with Gasteiger partial charge in [-0.05, 0) is 18.9 Å². The van der Waals surface area contributed by atoms with Crippen LogP contribution in [0.25, 0.3) is 0 Å². The quantitative estimate of drug-likeness (QED) is 0.500. The molecule has 0 spiro atoms. The molecule has 0 amide bonds. The van der Waals surface area contributed by atoms with Crippen LogP contribution in [0.1, 0.15) is 25.7 Å². The van der Waals surface area contributed by atoms with Gasteiger partial charge in [0.2, 0.25) is 0 Å². The maximum atomic E-state index is 8.98. The third kappa shape index (κ3) is 3.52. The van der Waals surface area contributed by atoms with Crippen molar-refractivity contribution >= 4 is 0 Å². The van der Waals surface area contributed by atoms with Gasteiger partial charge in [-0.1, -0.05) is 19.3 Å². The molecule has 1 fully saturated rings. The summed E-state index contributed by atoms with van der Waals surface area (Å²) in [6.07, 6.45) is 4.78.